The molecular weight excluding hydrogens is 485 g/mol. The number of aromatic nitrogens is 2. The lowest BCUT2D eigenvalue weighted by molar-refractivity contribution is 0.0990. The van der Waals surface area contributed by atoms with E-state index in [-0.39, 0.29) is 28.5 Å². The summed E-state index contributed by atoms with van der Waals surface area (Å²) in [7, 11) is 0. The number of allylic oxidation sites excluding steroid dienone is 1. The zero-order chi connectivity index (χ0) is 25.7. The molecule has 0 aliphatic heterocycles. The highest BCUT2D eigenvalue weighted by Crippen LogP contribution is 2.36. The number of thiazole rings is 1. The number of halogens is 1. The van der Waals surface area contributed by atoms with Gasteiger partial charge in [0.05, 0.1) is 27.6 Å². The monoisotopic (exact) mass is 503 g/mol. The summed E-state index contributed by atoms with van der Waals surface area (Å²) in [5.74, 6) is -1.04. The number of carbonyl (C=O) groups excluding carboxylic acids is 2. The molecular formula is C30H18FN3O2S. The van der Waals surface area contributed by atoms with E-state index in [1.54, 1.807) is 24.3 Å². The Labute approximate surface area is 215 Å². The number of para-hydroxylation sites is 1. The number of fused-ring (bicyclic) bond motifs is 2. The van der Waals surface area contributed by atoms with E-state index in [1.165, 1.54) is 29.5 Å². The van der Waals surface area contributed by atoms with E-state index in [0.717, 1.165) is 26.5 Å². The Balaban J connectivity index is 1.51. The molecule has 0 saturated heterocycles. The van der Waals surface area contributed by atoms with Crippen LogP contribution in [0.1, 0.15) is 44.5 Å². The van der Waals surface area contributed by atoms with Crippen molar-refractivity contribution in [3.63, 3.8) is 0 Å². The van der Waals surface area contributed by atoms with Crippen LogP contribution >= 0.6 is 11.3 Å². The predicted molar refractivity (Wildman–Crippen MR) is 142 cm³/mol. The summed E-state index contributed by atoms with van der Waals surface area (Å²) >= 11 is 1.45. The topological polar surface area (TPSA) is 75.8 Å². The molecule has 0 fully saturated rings. The molecule has 0 bridgehead atoms. The number of hydrogen-bond acceptors (Lipinski definition) is 5. The average Bonchev–Trinajstić information content (AvgIpc) is 3.55. The number of Topliss-reactive ketones (excluding diaryl/α,β-unsaturated/α-hetero) is 2. The fraction of sp³-hybridized carbons (Fsp3) is 0.0667. The molecule has 5 aromatic rings. The highest BCUT2D eigenvalue weighted by atomic mass is 32.1. The molecule has 0 N–H and O–H groups in total. The predicted octanol–water partition coefficient (Wildman–Crippen LogP) is 6.79. The lowest BCUT2D eigenvalue weighted by Crippen LogP contribution is -2.03. The molecule has 1 aliphatic rings. The molecule has 0 saturated carbocycles. The van der Waals surface area contributed by atoms with Gasteiger partial charge >= 0.3 is 0 Å². The molecule has 178 valence electrons. The first kappa shape index (κ1) is 22.8. The highest BCUT2D eigenvalue weighted by Gasteiger charge is 2.34. The molecule has 2 heterocycles. The largest absolute Gasteiger partial charge is 0.294 e. The van der Waals surface area contributed by atoms with Crippen LogP contribution in [0.15, 0.2) is 78.4 Å². The summed E-state index contributed by atoms with van der Waals surface area (Å²) < 4.78 is 16.2. The maximum Gasteiger partial charge on any atom is 0.197 e. The normalized spacial score (nSPS) is 13.9. The Kier molecular flexibility index (Phi) is 5.40. The second-order valence-corrected chi connectivity index (χ2v) is 9.72. The second-order valence-electron chi connectivity index (χ2n) is 8.69. The third-order valence-electron chi connectivity index (χ3n) is 6.50. The van der Waals surface area contributed by atoms with Crippen LogP contribution in [0.25, 0.3) is 32.7 Å². The lowest BCUT2D eigenvalue weighted by Gasteiger charge is -2.07. The Morgan fingerprint density at radius 2 is 1.70 bits per heavy atom. The van der Waals surface area contributed by atoms with Crippen molar-refractivity contribution in [3.8, 4) is 22.3 Å². The summed E-state index contributed by atoms with van der Waals surface area (Å²) in [4.78, 5) is 31.4. The molecule has 0 atom stereocenters. The fourth-order valence-electron chi connectivity index (χ4n) is 4.66. The molecule has 37 heavy (non-hydrogen) atoms. The summed E-state index contributed by atoms with van der Waals surface area (Å²) in [6.45, 7) is 1.91. The SMILES string of the molecule is CCc1cc2c(cc1C#N)C(=O)/C(=C/c1cc3sc(-c4ccc(F)cc4)nc3n1-c1ccccc1)C2=O. The Hall–Kier alpha value is -4.67. The van der Waals surface area contributed by atoms with Crippen molar-refractivity contribution in [1.29, 1.82) is 5.26 Å². The number of ketones is 2. The maximum atomic E-state index is 13.4. The molecule has 0 amide bonds. The standard InChI is InChI=1S/C30H18FN3O2S/c1-2-17-12-23-24(13-19(17)16-32)28(36)25(27(23)35)14-22-15-26-29(34(22)21-6-4-3-5-7-21)33-30(37-26)18-8-10-20(31)11-9-18/h3-15H,2H2,1H3/b25-14+. The van der Waals surface area contributed by atoms with Crippen LogP contribution in [-0.2, 0) is 6.42 Å². The Bertz CT molecular complexity index is 1810. The number of hydrogen-bond donors (Lipinski definition) is 0. The number of rotatable bonds is 4. The molecule has 6 rings (SSSR count). The number of benzene rings is 3. The van der Waals surface area contributed by atoms with Gasteiger partial charge in [0.1, 0.15) is 10.8 Å². The van der Waals surface area contributed by atoms with E-state index in [4.69, 9.17) is 4.98 Å². The molecule has 7 heteroatoms. The van der Waals surface area contributed by atoms with Gasteiger partial charge in [-0.15, -0.1) is 11.3 Å². The van der Waals surface area contributed by atoms with E-state index in [0.29, 0.717) is 28.9 Å². The molecule has 3 aromatic carbocycles. The van der Waals surface area contributed by atoms with Gasteiger partial charge in [0.15, 0.2) is 17.2 Å². The van der Waals surface area contributed by atoms with Gasteiger partial charge in [0, 0.05) is 22.4 Å². The van der Waals surface area contributed by atoms with Crippen LogP contribution in [0.3, 0.4) is 0 Å². The fourth-order valence-corrected chi connectivity index (χ4v) is 5.66. The van der Waals surface area contributed by atoms with Crippen LogP contribution in [0.5, 0.6) is 0 Å². The summed E-state index contributed by atoms with van der Waals surface area (Å²) in [5, 5.41) is 10.2. The highest BCUT2D eigenvalue weighted by molar-refractivity contribution is 7.21. The number of nitrogens with zero attached hydrogens (tertiary/aromatic N) is 3. The molecule has 0 unspecified atom stereocenters. The van der Waals surface area contributed by atoms with E-state index < -0.39 is 0 Å². The zero-order valence-corrected chi connectivity index (χ0v) is 20.5. The van der Waals surface area contributed by atoms with Crippen LogP contribution < -0.4 is 0 Å². The van der Waals surface area contributed by atoms with Gasteiger partial charge in [-0.2, -0.15) is 5.26 Å². The van der Waals surface area contributed by atoms with E-state index >= 15 is 0 Å². The van der Waals surface area contributed by atoms with Crippen molar-refractivity contribution >= 4 is 39.3 Å². The zero-order valence-electron chi connectivity index (χ0n) is 19.7. The van der Waals surface area contributed by atoms with Crippen molar-refractivity contribution < 1.29 is 14.0 Å². The summed E-state index contributed by atoms with van der Waals surface area (Å²) in [6.07, 6.45) is 2.20. The number of nitriles is 1. The van der Waals surface area contributed by atoms with Crippen molar-refractivity contribution in [1.82, 2.24) is 9.55 Å². The van der Waals surface area contributed by atoms with Crippen molar-refractivity contribution in [3.05, 3.63) is 112 Å². The summed E-state index contributed by atoms with van der Waals surface area (Å²) in [5.41, 5.74) is 4.78. The van der Waals surface area contributed by atoms with Crippen molar-refractivity contribution in [2.45, 2.75) is 13.3 Å². The minimum atomic E-state index is -0.386. The number of carbonyl (C=O) groups is 2. The third kappa shape index (κ3) is 3.70. The summed E-state index contributed by atoms with van der Waals surface area (Å²) in [6, 6.07) is 23.0. The van der Waals surface area contributed by atoms with Crippen molar-refractivity contribution in [2.24, 2.45) is 0 Å². The van der Waals surface area contributed by atoms with E-state index in [2.05, 4.69) is 6.07 Å². The van der Waals surface area contributed by atoms with Gasteiger partial charge < -0.3 is 0 Å². The average molecular weight is 504 g/mol. The van der Waals surface area contributed by atoms with Gasteiger partial charge in [-0.1, -0.05) is 25.1 Å². The third-order valence-corrected chi connectivity index (χ3v) is 7.55. The first-order valence-electron chi connectivity index (χ1n) is 11.7. The Morgan fingerprint density at radius 1 is 1.00 bits per heavy atom. The van der Waals surface area contributed by atoms with E-state index in [9.17, 15) is 19.2 Å². The van der Waals surface area contributed by atoms with Crippen LogP contribution in [0.2, 0.25) is 0 Å². The van der Waals surface area contributed by atoms with E-state index in [1.807, 2.05) is 47.9 Å². The first-order chi connectivity index (χ1) is 18.0. The maximum absolute atomic E-state index is 13.4. The van der Waals surface area contributed by atoms with Gasteiger partial charge in [0.25, 0.3) is 0 Å². The molecule has 1 aliphatic carbocycles. The minimum Gasteiger partial charge on any atom is -0.294 e. The van der Waals surface area contributed by atoms with Crippen molar-refractivity contribution in [2.75, 3.05) is 0 Å². The van der Waals surface area contributed by atoms with Gasteiger partial charge in [-0.3, -0.25) is 14.2 Å². The first-order valence-corrected chi connectivity index (χ1v) is 12.5. The van der Waals surface area contributed by atoms with Crippen LogP contribution in [-0.4, -0.2) is 21.1 Å². The van der Waals surface area contributed by atoms with Gasteiger partial charge in [-0.25, -0.2) is 9.37 Å². The molecule has 5 nitrogen and oxygen atoms in total. The van der Waals surface area contributed by atoms with Gasteiger partial charge in [0.2, 0.25) is 0 Å². The quantitative estimate of drug-likeness (QED) is 0.200. The second kappa shape index (κ2) is 8.77. The molecule has 2 aromatic heterocycles. The minimum absolute atomic E-state index is 0.0632. The Morgan fingerprint density at radius 3 is 2.38 bits per heavy atom. The van der Waals surface area contributed by atoms with Gasteiger partial charge in [-0.05, 0) is 72.7 Å². The smallest absolute Gasteiger partial charge is 0.197 e. The van der Waals surface area contributed by atoms with Crippen LogP contribution in [0.4, 0.5) is 4.39 Å². The molecule has 0 radical (unpaired) electrons. The van der Waals surface area contributed by atoms with Crippen LogP contribution in [0, 0.1) is 17.1 Å². The number of aryl methyl sites for hydroxylation is 1. The molecule has 0 spiro atoms. The lowest BCUT2D eigenvalue weighted by atomic mass is 9.99.